The number of aryl methyl sites for hydroxylation is 1. The van der Waals surface area contributed by atoms with E-state index >= 15 is 0 Å². The number of hydrogen-bond acceptors (Lipinski definition) is 0. The average molecular weight is 477 g/mol. The molecule has 0 aliphatic heterocycles. The fourth-order valence-corrected chi connectivity index (χ4v) is 5.78. The van der Waals surface area contributed by atoms with E-state index in [9.17, 15) is 0 Å². The Labute approximate surface area is 219 Å². The van der Waals surface area contributed by atoms with Crippen LogP contribution in [0, 0.1) is 0 Å². The van der Waals surface area contributed by atoms with Gasteiger partial charge in [0.25, 0.3) is 0 Å². The summed E-state index contributed by atoms with van der Waals surface area (Å²) in [7, 11) is 0. The van der Waals surface area contributed by atoms with E-state index in [0.717, 1.165) is 12.8 Å². The molecule has 2 aromatic rings. The molecule has 0 heteroatoms. The van der Waals surface area contributed by atoms with Gasteiger partial charge >= 0.3 is 0 Å². The Morgan fingerprint density at radius 3 is 1.34 bits per heavy atom. The predicted octanol–water partition coefficient (Wildman–Crippen LogP) is 10.3. The molecule has 0 amide bonds. The van der Waals surface area contributed by atoms with Crippen LogP contribution in [0.5, 0.6) is 0 Å². The van der Waals surface area contributed by atoms with Gasteiger partial charge in [-0.1, -0.05) is 134 Å². The van der Waals surface area contributed by atoms with Gasteiger partial charge in [-0.3, -0.25) is 0 Å². The highest BCUT2D eigenvalue weighted by Crippen LogP contribution is 2.46. The standard InChI is InChI=1S/C35H56/c1-31(2,3)26-22-17-16-19-24(26)20-18-21-25-27(32(4,5)6)23-28(33(7,8)9)30(35(13,14)15)29(25)34(10,11)12/h16-17,19,22-23H,18,20-21H2,1-15H3. The van der Waals surface area contributed by atoms with Crippen molar-refractivity contribution in [3.8, 4) is 0 Å². The van der Waals surface area contributed by atoms with Gasteiger partial charge in [0.2, 0.25) is 0 Å². The molecule has 0 saturated carbocycles. The normalized spacial score (nSPS) is 13.9. The first-order valence-corrected chi connectivity index (χ1v) is 13.9. The molecule has 0 N–H and O–H groups in total. The Bertz CT molecular complexity index is 1010. The van der Waals surface area contributed by atoms with E-state index < -0.39 is 0 Å². The van der Waals surface area contributed by atoms with Gasteiger partial charge < -0.3 is 0 Å². The molecule has 0 heterocycles. The van der Waals surface area contributed by atoms with E-state index in [1.165, 1.54) is 23.1 Å². The monoisotopic (exact) mass is 476 g/mol. The maximum absolute atomic E-state index is 2.59. The third-order valence-corrected chi connectivity index (χ3v) is 7.25. The zero-order chi connectivity index (χ0) is 27.2. The van der Waals surface area contributed by atoms with Gasteiger partial charge in [0.15, 0.2) is 0 Å². The second kappa shape index (κ2) is 9.72. The minimum Gasteiger partial charge on any atom is -0.0620 e. The van der Waals surface area contributed by atoms with Crippen LogP contribution in [-0.2, 0) is 39.9 Å². The minimum absolute atomic E-state index is 0.0858. The summed E-state index contributed by atoms with van der Waals surface area (Å²) in [5, 5.41) is 0. The molecule has 0 saturated heterocycles. The van der Waals surface area contributed by atoms with Crippen LogP contribution in [0.1, 0.15) is 149 Å². The first-order chi connectivity index (χ1) is 15.6. The lowest BCUT2D eigenvalue weighted by Crippen LogP contribution is -2.32. The van der Waals surface area contributed by atoms with Gasteiger partial charge in [0.1, 0.15) is 0 Å². The summed E-state index contributed by atoms with van der Waals surface area (Å²) in [6, 6.07) is 11.7. The van der Waals surface area contributed by atoms with E-state index in [-0.39, 0.29) is 27.1 Å². The topological polar surface area (TPSA) is 0 Å². The Hall–Kier alpha value is -1.56. The summed E-state index contributed by atoms with van der Waals surface area (Å²) in [5.41, 5.74) is 11.4. The summed E-state index contributed by atoms with van der Waals surface area (Å²) >= 11 is 0. The van der Waals surface area contributed by atoms with Gasteiger partial charge in [-0.25, -0.2) is 0 Å². The van der Waals surface area contributed by atoms with Crippen molar-refractivity contribution in [2.24, 2.45) is 0 Å². The molecule has 0 aliphatic rings. The molecule has 35 heavy (non-hydrogen) atoms. The van der Waals surface area contributed by atoms with E-state index in [1.807, 2.05) is 0 Å². The predicted molar refractivity (Wildman–Crippen MR) is 158 cm³/mol. The Balaban J connectivity index is 2.75. The van der Waals surface area contributed by atoms with Crippen molar-refractivity contribution in [3.05, 3.63) is 69.3 Å². The highest BCUT2D eigenvalue weighted by molar-refractivity contribution is 5.56. The minimum atomic E-state index is 0.0858. The lowest BCUT2D eigenvalue weighted by molar-refractivity contribution is 0.483. The van der Waals surface area contributed by atoms with Crippen molar-refractivity contribution in [3.63, 3.8) is 0 Å². The molecular formula is C35H56. The SMILES string of the molecule is CC(C)(C)c1ccccc1CCCc1c(C(C)(C)C)cc(C(C)(C)C)c(C(C)(C)C)c1C(C)(C)C. The lowest BCUT2D eigenvalue weighted by atomic mass is 9.64. The van der Waals surface area contributed by atoms with Gasteiger partial charge in [-0.15, -0.1) is 0 Å². The second-order valence-electron chi connectivity index (χ2n) is 16.0. The molecular weight excluding hydrogens is 420 g/mol. The molecule has 0 unspecified atom stereocenters. The van der Waals surface area contributed by atoms with Crippen molar-refractivity contribution in [1.29, 1.82) is 0 Å². The first-order valence-electron chi connectivity index (χ1n) is 13.9. The summed E-state index contributed by atoms with van der Waals surface area (Å²) in [6.45, 7) is 35.9. The first kappa shape index (κ1) is 29.7. The van der Waals surface area contributed by atoms with Gasteiger partial charge in [-0.2, -0.15) is 0 Å². The van der Waals surface area contributed by atoms with E-state index in [4.69, 9.17) is 0 Å². The fraction of sp³-hybridized carbons (Fsp3) is 0.657. The number of rotatable bonds is 4. The number of benzene rings is 2. The summed E-state index contributed by atoms with van der Waals surface area (Å²) in [4.78, 5) is 0. The van der Waals surface area contributed by atoms with Crippen LogP contribution in [0.25, 0.3) is 0 Å². The highest BCUT2D eigenvalue weighted by atomic mass is 14.4. The largest absolute Gasteiger partial charge is 0.0620 e. The van der Waals surface area contributed by atoms with Gasteiger partial charge in [0.05, 0.1) is 0 Å². The van der Waals surface area contributed by atoms with Crippen LogP contribution in [0.2, 0.25) is 0 Å². The fourth-order valence-electron chi connectivity index (χ4n) is 5.78. The molecule has 2 rings (SSSR count). The van der Waals surface area contributed by atoms with E-state index in [1.54, 1.807) is 22.3 Å². The molecule has 2 aromatic carbocycles. The highest BCUT2D eigenvalue weighted by Gasteiger charge is 2.36. The molecule has 196 valence electrons. The molecule has 0 fully saturated rings. The molecule has 0 spiro atoms. The van der Waals surface area contributed by atoms with Crippen LogP contribution in [0.15, 0.2) is 30.3 Å². The maximum atomic E-state index is 2.59. The maximum Gasteiger partial charge on any atom is -0.0126 e. The molecule has 0 aliphatic carbocycles. The van der Waals surface area contributed by atoms with Crippen LogP contribution in [0.4, 0.5) is 0 Å². The zero-order valence-corrected chi connectivity index (χ0v) is 26.0. The van der Waals surface area contributed by atoms with Crippen molar-refractivity contribution in [2.45, 2.75) is 150 Å². The molecule has 0 bridgehead atoms. The van der Waals surface area contributed by atoms with Gasteiger partial charge in [0, 0.05) is 0 Å². The van der Waals surface area contributed by atoms with Crippen LogP contribution < -0.4 is 0 Å². The smallest absolute Gasteiger partial charge is 0.0126 e. The Kier molecular flexibility index (Phi) is 8.24. The molecule has 0 atom stereocenters. The zero-order valence-electron chi connectivity index (χ0n) is 26.0. The Morgan fingerprint density at radius 2 is 0.914 bits per heavy atom. The molecule has 0 nitrogen and oxygen atoms in total. The van der Waals surface area contributed by atoms with Crippen LogP contribution >= 0.6 is 0 Å². The van der Waals surface area contributed by atoms with Crippen molar-refractivity contribution < 1.29 is 0 Å². The van der Waals surface area contributed by atoms with Crippen molar-refractivity contribution in [2.75, 3.05) is 0 Å². The quantitative estimate of drug-likeness (QED) is 0.411. The summed E-state index contributed by atoms with van der Waals surface area (Å²) < 4.78 is 0. The second-order valence-corrected chi connectivity index (χ2v) is 16.0. The Morgan fingerprint density at radius 1 is 0.457 bits per heavy atom. The lowest BCUT2D eigenvalue weighted by Gasteiger charge is -2.41. The third kappa shape index (κ3) is 7.02. The van der Waals surface area contributed by atoms with E-state index in [2.05, 4.69) is 134 Å². The molecule has 0 aromatic heterocycles. The summed E-state index contributed by atoms with van der Waals surface area (Å²) in [6.07, 6.45) is 3.44. The average Bonchev–Trinajstić information content (AvgIpc) is 2.63. The van der Waals surface area contributed by atoms with Crippen molar-refractivity contribution >= 4 is 0 Å². The molecule has 0 radical (unpaired) electrons. The van der Waals surface area contributed by atoms with Crippen LogP contribution in [-0.4, -0.2) is 0 Å². The van der Waals surface area contributed by atoms with Gasteiger partial charge in [-0.05, 0) is 85.3 Å². The van der Waals surface area contributed by atoms with Crippen LogP contribution in [0.3, 0.4) is 0 Å². The van der Waals surface area contributed by atoms with Crippen molar-refractivity contribution in [1.82, 2.24) is 0 Å². The summed E-state index contributed by atoms with van der Waals surface area (Å²) in [5.74, 6) is 0. The van der Waals surface area contributed by atoms with E-state index in [0.29, 0.717) is 0 Å². The number of hydrogen-bond donors (Lipinski definition) is 0. The third-order valence-electron chi connectivity index (χ3n) is 7.25.